The minimum Gasteiger partial charge on any atom is -0.478 e. The molecule has 0 atom stereocenters. The van der Waals surface area contributed by atoms with Crippen LogP contribution in [0.5, 0.6) is 10.8 Å². The number of nitrogens with zero attached hydrogens (tertiary/aromatic N) is 2. The lowest BCUT2D eigenvalue weighted by molar-refractivity contribution is 0.0696. The first-order chi connectivity index (χ1) is 9.24. The first kappa shape index (κ1) is 11.6. The molecule has 0 bridgehead atoms. The maximum absolute atomic E-state index is 10.9. The number of rotatable bonds is 3. The normalized spacial score (nSPS) is 10.5. The van der Waals surface area contributed by atoms with Gasteiger partial charge in [0.05, 0.1) is 22.7 Å². The summed E-state index contributed by atoms with van der Waals surface area (Å²) in [6.07, 6.45) is 2.75. The Bertz CT molecular complexity index is 754. The van der Waals surface area contributed by atoms with Crippen molar-refractivity contribution in [3.8, 4) is 10.8 Å². The standard InChI is InChI=1S/C13H8N2O3S/c16-12(17)8-5-9(7-14-6-8)18-13-10-3-1-2-4-11(10)15-19-13/h1-7H,(H,16,17). The van der Waals surface area contributed by atoms with E-state index in [4.69, 9.17) is 9.84 Å². The molecule has 0 saturated heterocycles. The number of ether oxygens (including phenoxy) is 1. The van der Waals surface area contributed by atoms with Crippen molar-refractivity contribution in [2.45, 2.75) is 0 Å². The first-order valence-corrected chi connectivity index (χ1v) is 6.22. The summed E-state index contributed by atoms with van der Waals surface area (Å²) >= 11 is 1.22. The molecule has 6 heteroatoms. The van der Waals surface area contributed by atoms with Gasteiger partial charge in [0.1, 0.15) is 5.75 Å². The topological polar surface area (TPSA) is 72.3 Å². The predicted molar refractivity (Wildman–Crippen MR) is 70.9 cm³/mol. The Labute approximate surface area is 112 Å². The Morgan fingerprint density at radius 1 is 1.26 bits per heavy atom. The van der Waals surface area contributed by atoms with E-state index in [1.165, 1.54) is 30.0 Å². The van der Waals surface area contributed by atoms with Crippen LogP contribution in [-0.2, 0) is 0 Å². The van der Waals surface area contributed by atoms with Gasteiger partial charge in [0, 0.05) is 17.7 Å². The molecule has 0 aliphatic heterocycles. The molecular formula is C13H8N2O3S. The van der Waals surface area contributed by atoms with Crippen molar-refractivity contribution >= 4 is 28.4 Å². The average Bonchev–Trinajstić information content (AvgIpc) is 2.83. The number of hydrogen-bond acceptors (Lipinski definition) is 5. The highest BCUT2D eigenvalue weighted by atomic mass is 32.1. The molecule has 0 aliphatic carbocycles. The second kappa shape index (κ2) is 4.66. The maximum atomic E-state index is 10.9. The number of pyridine rings is 1. The van der Waals surface area contributed by atoms with Crippen LogP contribution in [0.2, 0.25) is 0 Å². The van der Waals surface area contributed by atoms with Gasteiger partial charge < -0.3 is 9.84 Å². The molecule has 3 rings (SSSR count). The highest BCUT2D eigenvalue weighted by Crippen LogP contribution is 2.33. The average molecular weight is 272 g/mol. The summed E-state index contributed by atoms with van der Waals surface area (Å²) in [4.78, 5) is 14.7. The lowest BCUT2D eigenvalue weighted by atomic mass is 10.2. The molecule has 5 nitrogen and oxygen atoms in total. The first-order valence-electron chi connectivity index (χ1n) is 5.44. The van der Waals surface area contributed by atoms with Crippen LogP contribution in [0.15, 0.2) is 42.7 Å². The highest BCUT2D eigenvalue weighted by molar-refractivity contribution is 7.09. The summed E-state index contributed by atoms with van der Waals surface area (Å²) in [6, 6.07) is 9.03. The molecule has 0 fully saturated rings. The van der Waals surface area contributed by atoms with E-state index in [2.05, 4.69) is 9.36 Å². The molecule has 2 aromatic heterocycles. The largest absolute Gasteiger partial charge is 0.478 e. The van der Waals surface area contributed by atoms with Crippen LogP contribution in [0.3, 0.4) is 0 Å². The predicted octanol–water partition coefficient (Wildman–Crippen LogP) is 3.18. The molecule has 1 aromatic carbocycles. The lowest BCUT2D eigenvalue weighted by Gasteiger charge is -2.03. The van der Waals surface area contributed by atoms with Gasteiger partial charge in [-0.25, -0.2) is 4.79 Å². The highest BCUT2D eigenvalue weighted by Gasteiger charge is 2.10. The molecule has 3 aromatic rings. The fourth-order valence-corrected chi connectivity index (χ4v) is 2.38. The number of fused-ring (bicyclic) bond motifs is 1. The van der Waals surface area contributed by atoms with Crippen molar-refractivity contribution < 1.29 is 14.6 Å². The van der Waals surface area contributed by atoms with Gasteiger partial charge in [-0.05, 0) is 18.2 Å². The summed E-state index contributed by atoms with van der Waals surface area (Å²) < 4.78 is 9.90. The minimum absolute atomic E-state index is 0.0892. The van der Waals surface area contributed by atoms with Gasteiger partial charge in [0.25, 0.3) is 0 Å². The monoisotopic (exact) mass is 272 g/mol. The molecule has 0 unspecified atom stereocenters. The van der Waals surface area contributed by atoms with Gasteiger partial charge in [0.2, 0.25) is 5.06 Å². The fraction of sp³-hybridized carbons (Fsp3) is 0. The zero-order chi connectivity index (χ0) is 13.2. The Balaban J connectivity index is 1.97. The number of carboxylic acids is 1. The van der Waals surface area contributed by atoms with Gasteiger partial charge in [-0.1, -0.05) is 12.1 Å². The van der Waals surface area contributed by atoms with E-state index in [1.807, 2.05) is 24.3 Å². The third-order valence-electron chi connectivity index (χ3n) is 2.52. The van der Waals surface area contributed by atoms with E-state index in [9.17, 15) is 4.79 Å². The number of hydrogen-bond donors (Lipinski definition) is 1. The Kier molecular flexibility index (Phi) is 2.85. The molecule has 0 saturated carbocycles. The van der Waals surface area contributed by atoms with Crippen LogP contribution in [-0.4, -0.2) is 20.4 Å². The van der Waals surface area contributed by atoms with Crippen LogP contribution in [0.25, 0.3) is 10.9 Å². The molecular weight excluding hydrogens is 264 g/mol. The van der Waals surface area contributed by atoms with E-state index in [1.54, 1.807) is 0 Å². The number of carbonyl (C=O) groups is 1. The minimum atomic E-state index is -1.04. The van der Waals surface area contributed by atoms with Crippen molar-refractivity contribution in [1.29, 1.82) is 0 Å². The van der Waals surface area contributed by atoms with Crippen molar-refractivity contribution in [3.63, 3.8) is 0 Å². The summed E-state index contributed by atoms with van der Waals surface area (Å²) in [7, 11) is 0. The van der Waals surface area contributed by atoms with E-state index in [0.29, 0.717) is 10.8 Å². The Morgan fingerprint density at radius 3 is 2.95 bits per heavy atom. The summed E-state index contributed by atoms with van der Waals surface area (Å²) in [5.74, 6) is -0.651. The summed E-state index contributed by atoms with van der Waals surface area (Å²) in [5, 5.41) is 10.4. The molecule has 0 aliphatic rings. The van der Waals surface area contributed by atoms with Crippen LogP contribution in [0, 0.1) is 0 Å². The molecule has 1 N–H and O–H groups in total. The van der Waals surface area contributed by atoms with Crippen LogP contribution < -0.4 is 4.74 Å². The lowest BCUT2D eigenvalue weighted by Crippen LogP contribution is -1.97. The van der Waals surface area contributed by atoms with Crippen LogP contribution in [0.1, 0.15) is 10.4 Å². The number of carboxylic acid groups (broad SMARTS) is 1. The van der Waals surface area contributed by atoms with Gasteiger partial charge in [-0.3, -0.25) is 4.98 Å². The van der Waals surface area contributed by atoms with Crippen molar-refractivity contribution in [2.24, 2.45) is 0 Å². The van der Waals surface area contributed by atoms with Gasteiger partial charge in [-0.2, -0.15) is 4.37 Å². The third-order valence-corrected chi connectivity index (χ3v) is 3.28. The molecule has 0 radical (unpaired) electrons. The summed E-state index contributed by atoms with van der Waals surface area (Å²) in [5.41, 5.74) is 0.941. The second-order valence-corrected chi connectivity index (χ2v) is 4.54. The van der Waals surface area contributed by atoms with E-state index < -0.39 is 5.97 Å². The van der Waals surface area contributed by atoms with Crippen LogP contribution in [0.4, 0.5) is 0 Å². The zero-order valence-corrected chi connectivity index (χ0v) is 10.4. The molecule has 94 valence electrons. The van der Waals surface area contributed by atoms with Gasteiger partial charge >= 0.3 is 5.97 Å². The van der Waals surface area contributed by atoms with Crippen LogP contribution >= 0.6 is 11.5 Å². The second-order valence-electron chi connectivity index (χ2n) is 3.80. The smallest absolute Gasteiger partial charge is 0.337 e. The summed E-state index contributed by atoms with van der Waals surface area (Å²) in [6.45, 7) is 0. The van der Waals surface area contributed by atoms with Crippen molar-refractivity contribution in [1.82, 2.24) is 9.36 Å². The zero-order valence-electron chi connectivity index (χ0n) is 9.61. The number of aromatic carboxylic acids is 1. The maximum Gasteiger partial charge on any atom is 0.337 e. The number of aromatic nitrogens is 2. The van der Waals surface area contributed by atoms with Gasteiger partial charge in [0.15, 0.2) is 0 Å². The molecule has 0 amide bonds. The number of benzene rings is 1. The van der Waals surface area contributed by atoms with Gasteiger partial charge in [-0.15, -0.1) is 0 Å². The quantitative estimate of drug-likeness (QED) is 0.792. The Morgan fingerprint density at radius 2 is 2.11 bits per heavy atom. The van der Waals surface area contributed by atoms with E-state index >= 15 is 0 Å². The van der Waals surface area contributed by atoms with Crippen molar-refractivity contribution in [2.75, 3.05) is 0 Å². The third kappa shape index (κ3) is 2.25. The Hall–Kier alpha value is -2.47. The molecule has 0 spiro atoms. The molecule has 2 heterocycles. The molecule has 19 heavy (non-hydrogen) atoms. The SMILES string of the molecule is O=C(O)c1cncc(Oc2snc3ccccc23)c1. The van der Waals surface area contributed by atoms with E-state index in [0.717, 1.165) is 10.9 Å². The van der Waals surface area contributed by atoms with E-state index in [-0.39, 0.29) is 5.56 Å². The fourth-order valence-electron chi connectivity index (χ4n) is 1.64. The van der Waals surface area contributed by atoms with Crippen molar-refractivity contribution in [3.05, 3.63) is 48.3 Å².